The van der Waals surface area contributed by atoms with Gasteiger partial charge in [-0.1, -0.05) is 0 Å². The number of hydrogen-bond acceptors (Lipinski definition) is 3. The summed E-state index contributed by atoms with van der Waals surface area (Å²) in [6, 6.07) is 4.88. The van der Waals surface area contributed by atoms with Gasteiger partial charge in [-0.15, -0.1) is 0 Å². The molecule has 4 heteroatoms. The van der Waals surface area contributed by atoms with Gasteiger partial charge in [-0.2, -0.15) is 0 Å². The topological polar surface area (TPSA) is 49.8 Å². The Morgan fingerprint density at radius 1 is 1.44 bits per heavy atom. The fourth-order valence-corrected chi connectivity index (χ4v) is 1.28. The fourth-order valence-electron chi connectivity index (χ4n) is 1.28. The lowest BCUT2D eigenvalue weighted by molar-refractivity contribution is 0.0696. The molecule has 1 aromatic rings. The molecule has 0 saturated heterocycles. The van der Waals surface area contributed by atoms with Crippen LogP contribution >= 0.6 is 0 Å². The molecule has 16 heavy (non-hydrogen) atoms. The number of carboxylic acid groups (broad SMARTS) is 1. The third-order valence-corrected chi connectivity index (χ3v) is 2.22. The highest BCUT2D eigenvalue weighted by Gasteiger charge is 2.06. The van der Waals surface area contributed by atoms with E-state index in [2.05, 4.69) is 0 Å². The Bertz CT molecular complexity index is 375. The lowest BCUT2D eigenvalue weighted by Gasteiger charge is -2.12. The molecule has 0 heterocycles. The van der Waals surface area contributed by atoms with Crippen molar-refractivity contribution in [3.8, 4) is 5.75 Å². The molecule has 0 unspecified atom stereocenters. The molecule has 0 bridgehead atoms. The largest absolute Gasteiger partial charge is 0.492 e. The van der Waals surface area contributed by atoms with E-state index in [1.165, 1.54) is 0 Å². The lowest BCUT2D eigenvalue weighted by atomic mass is 10.1. The van der Waals surface area contributed by atoms with E-state index in [0.29, 0.717) is 6.61 Å². The number of benzene rings is 1. The first kappa shape index (κ1) is 12.5. The number of nitrogens with zero attached hydrogens (tertiary/aromatic N) is 1. The van der Waals surface area contributed by atoms with E-state index >= 15 is 0 Å². The van der Waals surface area contributed by atoms with Gasteiger partial charge in [0.25, 0.3) is 0 Å². The van der Waals surface area contributed by atoms with Gasteiger partial charge in [0.1, 0.15) is 12.4 Å². The zero-order valence-electron chi connectivity index (χ0n) is 9.86. The maximum absolute atomic E-state index is 10.7. The first-order chi connectivity index (χ1) is 7.50. The highest BCUT2D eigenvalue weighted by atomic mass is 16.5. The summed E-state index contributed by atoms with van der Waals surface area (Å²) < 4.78 is 5.55. The predicted molar refractivity (Wildman–Crippen MR) is 62.2 cm³/mol. The number of aryl methyl sites for hydroxylation is 1. The Labute approximate surface area is 95.5 Å². The van der Waals surface area contributed by atoms with Crippen LogP contribution in [0.2, 0.25) is 0 Å². The summed E-state index contributed by atoms with van der Waals surface area (Å²) in [5.74, 6) is -0.171. The third-order valence-electron chi connectivity index (χ3n) is 2.22. The van der Waals surface area contributed by atoms with Crippen LogP contribution in [0.5, 0.6) is 5.75 Å². The molecule has 0 aliphatic heterocycles. The first-order valence-corrected chi connectivity index (χ1v) is 5.12. The molecule has 0 aliphatic rings. The maximum atomic E-state index is 10.7. The SMILES string of the molecule is Cc1cc(C(=O)O)ccc1OCCN(C)C. The molecule has 0 radical (unpaired) electrons. The van der Waals surface area contributed by atoms with Crippen molar-refractivity contribution < 1.29 is 14.6 Å². The van der Waals surface area contributed by atoms with E-state index in [1.54, 1.807) is 18.2 Å². The van der Waals surface area contributed by atoms with Crippen LogP contribution in [0.3, 0.4) is 0 Å². The second-order valence-corrected chi connectivity index (χ2v) is 3.94. The van der Waals surface area contributed by atoms with Crippen molar-refractivity contribution in [2.45, 2.75) is 6.92 Å². The van der Waals surface area contributed by atoms with E-state index in [-0.39, 0.29) is 5.56 Å². The molecular weight excluding hydrogens is 206 g/mol. The van der Waals surface area contributed by atoms with E-state index < -0.39 is 5.97 Å². The first-order valence-electron chi connectivity index (χ1n) is 5.12. The number of ether oxygens (including phenoxy) is 1. The van der Waals surface area contributed by atoms with Crippen LogP contribution in [0.15, 0.2) is 18.2 Å². The molecule has 1 aromatic carbocycles. The number of carbonyl (C=O) groups is 1. The summed E-state index contributed by atoms with van der Waals surface area (Å²) in [4.78, 5) is 12.7. The van der Waals surface area contributed by atoms with Gasteiger partial charge in [0.2, 0.25) is 0 Å². The molecule has 1 rings (SSSR count). The van der Waals surface area contributed by atoms with Crippen molar-refractivity contribution >= 4 is 5.97 Å². The summed E-state index contributed by atoms with van der Waals surface area (Å²) >= 11 is 0. The maximum Gasteiger partial charge on any atom is 0.335 e. The van der Waals surface area contributed by atoms with Gasteiger partial charge in [0, 0.05) is 6.54 Å². The fraction of sp³-hybridized carbons (Fsp3) is 0.417. The average Bonchev–Trinajstić information content (AvgIpc) is 2.19. The van der Waals surface area contributed by atoms with Gasteiger partial charge >= 0.3 is 5.97 Å². The number of carboxylic acids is 1. The quantitative estimate of drug-likeness (QED) is 0.824. The smallest absolute Gasteiger partial charge is 0.335 e. The summed E-state index contributed by atoms with van der Waals surface area (Å²) in [7, 11) is 3.95. The van der Waals surface area contributed by atoms with Gasteiger partial charge < -0.3 is 14.7 Å². The lowest BCUT2D eigenvalue weighted by Crippen LogP contribution is -2.19. The van der Waals surface area contributed by atoms with Gasteiger partial charge in [-0.3, -0.25) is 0 Å². The van der Waals surface area contributed by atoms with Gasteiger partial charge in [0.15, 0.2) is 0 Å². The molecule has 0 aliphatic carbocycles. The van der Waals surface area contributed by atoms with Crippen molar-refractivity contribution in [3.05, 3.63) is 29.3 Å². The van der Waals surface area contributed by atoms with E-state index in [0.717, 1.165) is 17.9 Å². The number of likely N-dealkylation sites (N-methyl/N-ethyl adjacent to an activating group) is 1. The predicted octanol–water partition coefficient (Wildman–Crippen LogP) is 1.63. The van der Waals surface area contributed by atoms with Crippen LogP contribution < -0.4 is 4.74 Å². The Kier molecular flexibility index (Phi) is 4.31. The molecule has 0 spiro atoms. The van der Waals surface area contributed by atoms with Crippen LogP contribution in [0, 0.1) is 6.92 Å². The minimum Gasteiger partial charge on any atom is -0.492 e. The summed E-state index contributed by atoms with van der Waals surface area (Å²) in [5.41, 5.74) is 1.14. The van der Waals surface area contributed by atoms with Crippen LogP contribution in [0.1, 0.15) is 15.9 Å². The minimum absolute atomic E-state index is 0.289. The van der Waals surface area contributed by atoms with Crippen molar-refractivity contribution in [1.29, 1.82) is 0 Å². The number of hydrogen-bond donors (Lipinski definition) is 1. The zero-order chi connectivity index (χ0) is 12.1. The van der Waals surface area contributed by atoms with Gasteiger partial charge in [-0.25, -0.2) is 4.79 Å². The molecule has 0 saturated carbocycles. The standard InChI is InChI=1S/C12H17NO3/c1-9-8-10(12(14)15)4-5-11(9)16-7-6-13(2)3/h4-5,8H,6-7H2,1-3H3,(H,14,15). The molecule has 4 nitrogen and oxygen atoms in total. The monoisotopic (exact) mass is 223 g/mol. The summed E-state index contributed by atoms with van der Waals surface area (Å²) in [5, 5.41) is 8.80. The zero-order valence-corrected chi connectivity index (χ0v) is 9.86. The molecule has 0 atom stereocenters. The van der Waals surface area contributed by atoms with Crippen molar-refractivity contribution in [3.63, 3.8) is 0 Å². The molecule has 0 amide bonds. The summed E-state index contributed by atoms with van der Waals surface area (Å²) in [6.07, 6.45) is 0. The molecule has 0 fully saturated rings. The number of aromatic carboxylic acids is 1. The Hall–Kier alpha value is -1.55. The van der Waals surface area contributed by atoms with Crippen LogP contribution in [-0.2, 0) is 0 Å². The molecular formula is C12H17NO3. The van der Waals surface area contributed by atoms with Crippen molar-refractivity contribution in [2.24, 2.45) is 0 Å². The van der Waals surface area contributed by atoms with Crippen LogP contribution in [0.25, 0.3) is 0 Å². The molecule has 0 aromatic heterocycles. The average molecular weight is 223 g/mol. The van der Waals surface area contributed by atoms with Crippen molar-refractivity contribution in [1.82, 2.24) is 4.90 Å². The molecule has 1 N–H and O–H groups in total. The van der Waals surface area contributed by atoms with E-state index in [1.807, 2.05) is 25.9 Å². The minimum atomic E-state index is -0.914. The Balaban J connectivity index is 2.64. The second kappa shape index (κ2) is 5.51. The highest BCUT2D eigenvalue weighted by Crippen LogP contribution is 2.19. The van der Waals surface area contributed by atoms with E-state index in [4.69, 9.17) is 9.84 Å². The van der Waals surface area contributed by atoms with Crippen LogP contribution in [0.4, 0.5) is 0 Å². The Morgan fingerprint density at radius 3 is 2.62 bits per heavy atom. The van der Waals surface area contributed by atoms with Crippen molar-refractivity contribution in [2.75, 3.05) is 27.2 Å². The van der Waals surface area contributed by atoms with Gasteiger partial charge in [0.05, 0.1) is 5.56 Å². The normalized spacial score (nSPS) is 10.5. The van der Waals surface area contributed by atoms with Crippen LogP contribution in [-0.4, -0.2) is 43.2 Å². The number of rotatable bonds is 5. The van der Waals surface area contributed by atoms with Gasteiger partial charge in [-0.05, 0) is 44.8 Å². The summed E-state index contributed by atoms with van der Waals surface area (Å²) in [6.45, 7) is 3.28. The molecule has 88 valence electrons. The third kappa shape index (κ3) is 3.55. The second-order valence-electron chi connectivity index (χ2n) is 3.94. The van der Waals surface area contributed by atoms with E-state index in [9.17, 15) is 4.79 Å². The Morgan fingerprint density at radius 2 is 2.12 bits per heavy atom. The highest BCUT2D eigenvalue weighted by molar-refractivity contribution is 5.88.